The average molecular weight is 483 g/mol. The molecular weight excluding hydrogens is 458 g/mol. The van der Waals surface area contributed by atoms with Gasteiger partial charge in [0, 0.05) is 38.8 Å². The maximum absolute atomic E-state index is 13.4. The van der Waals surface area contributed by atoms with Crippen molar-refractivity contribution in [1.29, 1.82) is 0 Å². The molecule has 0 spiro atoms. The van der Waals surface area contributed by atoms with Gasteiger partial charge in [-0.05, 0) is 25.0 Å². The molecular formula is C21H25N9O5. The van der Waals surface area contributed by atoms with Crippen molar-refractivity contribution in [3.63, 3.8) is 0 Å². The molecule has 2 aromatic heterocycles. The fourth-order valence-corrected chi connectivity index (χ4v) is 5.35. The lowest BCUT2D eigenvalue weighted by molar-refractivity contribution is -0.161. The molecule has 0 bridgehead atoms. The van der Waals surface area contributed by atoms with E-state index < -0.39 is 29.9 Å². The Balaban J connectivity index is 1.34. The van der Waals surface area contributed by atoms with Crippen LogP contribution in [0.1, 0.15) is 56.8 Å². The summed E-state index contributed by atoms with van der Waals surface area (Å²) in [4.78, 5) is 66.0. The highest BCUT2D eigenvalue weighted by Gasteiger charge is 2.53. The predicted molar refractivity (Wildman–Crippen MR) is 118 cm³/mol. The molecule has 5 heterocycles. The molecule has 4 atom stereocenters. The van der Waals surface area contributed by atoms with Crippen molar-refractivity contribution in [1.82, 2.24) is 34.7 Å². The van der Waals surface area contributed by atoms with Crippen molar-refractivity contribution in [3.05, 3.63) is 35.4 Å². The smallest absolute Gasteiger partial charge is 0.271 e. The molecule has 2 aromatic rings. The van der Waals surface area contributed by atoms with Crippen LogP contribution < -0.4 is 16.8 Å². The van der Waals surface area contributed by atoms with Gasteiger partial charge in [0.1, 0.15) is 17.8 Å². The Morgan fingerprint density at radius 2 is 1.77 bits per heavy atom. The van der Waals surface area contributed by atoms with E-state index in [9.17, 15) is 24.0 Å². The lowest BCUT2D eigenvalue weighted by Crippen LogP contribution is -2.66. The molecule has 0 radical (unpaired) electrons. The third-order valence-corrected chi connectivity index (χ3v) is 7.04. The minimum atomic E-state index is -0.950. The van der Waals surface area contributed by atoms with E-state index in [1.54, 1.807) is 34.8 Å². The van der Waals surface area contributed by atoms with Crippen molar-refractivity contribution in [3.8, 4) is 0 Å². The largest absolute Gasteiger partial charge is 0.364 e. The zero-order valence-corrected chi connectivity index (χ0v) is 19.0. The van der Waals surface area contributed by atoms with Crippen molar-refractivity contribution in [2.45, 2.75) is 43.4 Å². The van der Waals surface area contributed by atoms with Gasteiger partial charge < -0.3 is 31.2 Å². The number of nitrogens with one attached hydrogen (secondary N) is 1. The second-order valence-corrected chi connectivity index (χ2v) is 9.10. The standard InChI is InChI=1S/C21H25N9O5/c1-27-5-2-3-12(27)19(33)24-10-4-6-28-13(7-10)21(35)29-9-11(8-14(29)20(28)34)30-16(18(23)32)15(17(22)31)25-26-30/h2-3,5,10-11,13-14H,4,6-9H2,1H3,(H2,22,31)(H2,23,32)(H,24,33). The Morgan fingerprint density at radius 3 is 2.43 bits per heavy atom. The minimum absolute atomic E-state index is 0.0990. The first-order chi connectivity index (χ1) is 16.7. The van der Waals surface area contributed by atoms with E-state index in [2.05, 4.69) is 15.6 Å². The average Bonchev–Trinajstić information content (AvgIpc) is 3.54. The number of primary amides is 2. The molecule has 35 heavy (non-hydrogen) atoms. The van der Waals surface area contributed by atoms with E-state index in [1.165, 1.54) is 9.58 Å². The van der Waals surface area contributed by atoms with Crippen LogP contribution in [-0.4, -0.2) is 90.1 Å². The van der Waals surface area contributed by atoms with Crippen LogP contribution in [0, 0.1) is 0 Å². The number of nitrogens with two attached hydrogens (primary N) is 2. The molecule has 3 aliphatic heterocycles. The number of carbonyl (C=O) groups excluding carboxylic acids is 5. The molecule has 5 N–H and O–H groups in total. The van der Waals surface area contributed by atoms with Crippen LogP contribution >= 0.6 is 0 Å². The van der Waals surface area contributed by atoms with Crippen molar-refractivity contribution in [2.24, 2.45) is 18.5 Å². The minimum Gasteiger partial charge on any atom is -0.364 e. The summed E-state index contributed by atoms with van der Waals surface area (Å²) in [6.45, 7) is 0.436. The highest BCUT2D eigenvalue weighted by Crippen LogP contribution is 2.36. The van der Waals surface area contributed by atoms with Crippen LogP contribution in [0.2, 0.25) is 0 Å². The second-order valence-electron chi connectivity index (χ2n) is 9.10. The number of carbonyl (C=O) groups is 5. The van der Waals surface area contributed by atoms with Crippen molar-refractivity contribution < 1.29 is 24.0 Å². The van der Waals surface area contributed by atoms with Gasteiger partial charge in [0.15, 0.2) is 11.4 Å². The number of piperazine rings is 1. The Bertz CT molecular complexity index is 1250. The van der Waals surface area contributed by atoms with Gasteiger partial charge in [-0.3, -0.25) is 24.0 Å². The summed E-state index contributed by atoms with van der Waals surface area (Å²) in [6.07, 6.45) is 2.80. The van der Waals surface area contributed by atoms with E-state index in [4.69, 9.17) is 11.5 Å². The molecule has 14 heteroatoms. The monoisotopic (exact) mass is 483 g/mol. The zero-order valence-electron chi connectivity index (χ0n) is 19.0. The molecule has 0 saturated carbocycles. The Morgan fingerprint density at radius 1 is 1.06 bits per heavy atom. The third-order valence-electron chi connectivity index (χ3n) is 7.04. The van der Waals surface area contributed by atoms with E-state index >= 15 is 0 Å². The lowest BCUT2D eigenvalue weighted by atomic mass is 9.92. The fraction of sp³-hybridized carbons (Fsp3) is 0.476. The van der Waals surface area contributed by atoms with Crippen LogP contribution in [-0.2, 0) is 16.6 Å². The normalized spacial score (nSPS) is 25.9. The van der Waals surface area contributed by atoms with Crippen LogP contribution in [0.4, 0.5) is 0 Å². The van der Waals surface area contributed by atoms with Crippen molar-refractivity contribution in [2.75, 3.05) is 13.1 Å². The summed E-state index contributed by atoms with van der Waals surface area (Å²) < 4.78 is 2.89. The summed E-state index contributed by atoms with van der Waals surface area (Å²) in [7, 11) is 1.77. The number of aryl methyl sites for hydroxylation is 1. The first kappa shape index (κ1) is 22.6. The second kappa shape index (κ2) is 8.21. The van der Waals surface area contributed by atoms with Crippen LogP contribution in [0.25, 0.3) is 0 Å². The molecule has 5 amide bonds. The first-order valence-electron chi connectivity index (χ1n) is 11.2. The molecule has 3 saturated heterocycles. The van der Waals surface area contributed by atoms with Gasteiger partial charge >= 0.3 is 0 Å². The van der Waals surface area contributed by atoms with E-state index in [0.717, 1.165) is 0 Å². The maximum atomic E-state index is 13.4. The number of hydrogen-bond donors (Lipinski definition) is 3. The Kier molecular flexibility index (Phi) is 5.29. The number of aromatic nitrogens is 4. The van der Waals surface area contributed by atoms with Crippen LogP contribution in [0.5, 0.6) is 0 Å². The number of nitrogens with zero attached hydrogens (tertiary/aromatic N) is 6. The summed E-state index contributed by atoms with van der Waals surface area (Å²) >= 11 is 0. The molecule has 14 nitrogen and oxygen atoms in total. The Hall–Kier alpha value is -4.23. The highest BCUT2D eigenvalue weighted by atomic mass is 16.2. The molecule has 4 unspecified atom stereocenters. The number of fused-ring (bicyclic) bond motifs is 2. The maximum Gasteiger partial charge on any atom is 0.271 e. The molecule has 184 valence electrons. The third kappa shape index (κ3) is 3.61. The van der Waals surface area contributed by atoms with Gasteiger partial charge in [-0.1, -0.05) is 5.21 Å². The summed E-state index contributed by atoms with van der Waals surface area (Å²) in [6, 6.07) is 1.22. The van der Waals surface area contributed by atoms with E-state index in [-0.39, 0.29) is 48.1 Å². The molecule has 5 rings (SSSR count). The van der Waals surface area contributed by atoms with Crippen LogP contribution in [0.3, 0.4) is 0 Å². The quantitative estimate of drug-likeness (QED) is 0.428. The summed E-state index contributed by atoms with van der Waals surface area (Å²) in [5.41, 5.74) is 10.6. The Labute approximate surface area is 199 Å². The highest BCUT2D eigenvalue weighted by molar-refractivity contribution is 6.03. The number of amides is 5. The predicted octanol–water partition coefficient (Wildman–Crippen LogP) is -2.24. The lowest BCUT2D eigenvalue weighted by Gasteiger charge is -2.46. The van der Waals surface area contributed by atoms with Crippen molar-refractivity contribution >= 4 is 29.5 Å². The van der Waals surface area contributed by atoms with Gasteiger partial charge in [0.2, 0.25) is 11.8 Å². The zero-order chi connectivity index (χ0) is 25.0. The van der Waals surface area contributed by atoms with Gasteiger partial charge in [0.25, 0.3) is 17.7 Å². The van der Waals surface area contributed by atoms with Gasteiger partial charge in [-0.25, -0.2) is 4.68 Å². The van der Waals surface area contributed by atoms with E-state index in [0.29, 0.717) is 25.1 Å². The summed E-state index contributed by atoms with van der Waals surface area (Å²) in [5, 5.41) is 10.5. The molecule has 0 aliphatic carbocycles. The number of hydrogen-bond acceptors (Lipinski definition) is 7. The molecule has 3 fully saturated rings. The van der Waals surface area contributed by atoms with Gasteiger partial charge in [-0.2, -0.15) is 0 Å². The van der Waals surface area contributed by atoms with Gasteiger partial charge in [-0.15, -0.1) is 5.10 Å². The topological polar surface area (TPSA) is 192 Å². The molecule has 3 aliphatic rings. The SMILES string of the molecule is Cn1cccc1C(=O)NC1CCN2C(=O)C3CC(n4nnc(C(N)=O)c4C(N)=O)CN3C(=O)C2C1. The van der Waals surface area contributed by atoms with Crippen LogP contribution in [0.15, 0.2) is 18.3 Å². The van der Waals surface area contributed by atoms with Gasteiger partial charge in [0.05, 0.1) is 6.04 Å². The first-order valence-corrected chi connectivity index (χ1v) is 11.2. The number of piperidine rings is 1. The number of rotatable bonds is 5. The van der Waals surface area contributed by atoms with E-state index in [1.807, 2.05) is 0 Å². The fourth-order valence-electron chi connectivity index (χ4n) is 5.35. The summed E-state index contributed by atoms with van der Waals surface area (Å²) in [5.74, 6) is -2.54. The molecule has 0 aromatic carbocycles.